The van der Waals surface area contributed by atoms with Crippen LogP contribution in [0.15, 0.2) is 42.0 Å². The van der Waals surface area contributed by atoms with Crippen LogP contribution in [0.3, 0.4) is 0 Å². The number of hydrogen-bond acceptors (Lipinski definition) is 10. The standard InChI is InChI=1S/C38H39Cl3FN9OS/c1-38(2,3)50-10-6-23(7-11-50)51-16-31(47-48-51)37(27-20-53-32-17-49(9-8-25(27)32)24-18-52-19-24)45-22-12-26-35(21(14-43)15-44-36(26)29(40)13-22)46-30-5-4-28(39)33(41)34(30)42/h4-5,12-13,15-16,20,23-24,37,45H,6-11,17-19H2,1-3H3,(H,44,46). The summed E-state index contributed by atoms with van der Waals surface area (Å²) in [6.07, 6.45) is 6.41. The van der Waals surface area contributed by atoms with Crippen molar-refractivity contribution in [1.29, 1.82) is 5.26 Å². The Labute approximate surface area is 326 Å². The Balaban J connectivity index is 1.17. The second-order valence-corrected chi connectivity index (χ2v) is 17.1. The fraction of sp³-hybridized carbons (Fsp3) is 0.421. The summed E-state index contributed by atoms with van der Waals surface area (Å²) in [5.41, 5.74) is 5.16. The predicted octanol–water partition coefficient (Wildman–Crippen LogP) is 9.00. The van der Waals surface area contributed by atoms with Gasteiger partial charge in [0.15, 0.2) is 5.82 Å². The van der Waals surface area contributed by atoms with E-state index in [9.17, 15) is 5.26 Å². The highest BCUT2D eigenvalue weighted by atomic mass is 35.5. The van der Waals surface area contributed by atoms with Gasteiger partial charge in [0, 0.05) is 53.9 Å². The van der Waals surface area contributed by atoms with E-state index >= 15 is 4.39 Å². The average molecular weight is 795 g/mol. The number of nitriles is 1. The topological polar surface area (TPSA) is 107 Å². The van der Waals surface area contributed by atoms with Crippen molar-refractivity contribution in [3.05, 3.63) is 90.2 Å². The number of nitrogens with zero attached hydrogens (tertiary/aromatic N) is 7. The Morgan fingerprint density at radius 1 is 1.08 bits per heavy atom. The molecule has 0 radical (unpaired) electrons. The van der Waals surface area contributed by atoms with Gasteiger partial charge in [-0.2, -0.15) is 5.26 Å². The number of thiophene rings is 1. The van der Waals surface area contributed by atoms with Gasteiger partial charge in [-0.3, -0.25) is 14.8 Å². The quantitative estimate of drug-likeness (QED) is 0.149. The van der Waals surface area contributed by atoms with Crippen molar-refractivity contribution in [2.24, 2.45) is 0 Å². The van der Waals surface area contributed by atoms with Crippen LogP contribution in [-0.2, 0) is 17.7 Å². The summed E-state index contributed by atoms with van der Waals surface area (Å²) in [4.78, 5) is 10.9. The number of anilines is 3. The average Bonchev–Trinajstić information content (AvgIpc) is 3.78. The van der Waals surface area contributed by atoms with Gasteiger partial charge in [0.2, 0.25) is 0 Å². The smallest absolute Gasteiger partial charge is 0.166 e. The van der Waals surface area contributed by atoms with E-state index in [-0.39, 0.29) is 38.9 Å². The van der Waals surface area contributed by atoms with Gasteiger partial charge in [0.1, 0.15) is 11.8 Å². The summed E-state index contributed by atoms with van der Waals surface area (Å²) >= 11 is 20.9. The SMILES string of the molecule is CC(C)(C)N1CCC(n2cc(C(Nc3cc(Cl)c4ncc(C#N)c(Nc5ccc(Cl)c(Cl)c5F)c4c3)c3csc4c3CCN(C3COC3)C4)nn2)CC1. The first kappa shape index (κ1) is 36.4. The van der Waals surface area contributed by atoms with Crippen molar-refractivity contribution in [2.45, 2.75) is 70.2 Å². The number of aromatic nitrogens is 4. The highest BCUT2D eigenvalue weighted by Gasteiger charge is 2.34. The van der Waals surface area contributed by atoms with Crippen LogP contribution in [0, 0.1) is 17.1 Å². The Morgan fingerprint density at radius 2 is 1.87 bits per heavy atom. The van der Waals surface area contributed by atoms with Gasteiger partial charge in [-0.1, -0.05) is 40.0 Å². The van der Waals surface area contributed by atoms with Crippen molar-refractivity contribution in [3.63, 3.8) is 0 Å². The number of rotatable bonds is 8. The summed E-state index contributed by atoms with van der Waals surface area (Å²) in [6, 6.07) is 9.23. The lowest BCUT2D eigenvalue weighted by Crippen LogP contribution is -2.50. The second-order valence-electron chi connectivity index (χ2n) is 15.0. The first-order valence-corrected chi connectivity index (χ1v) is 19.8. The van der Waals surface area contributed by atoms with E-state index < -0.39 is 5.82 Å². The minimum Gasteiger partial charge on any atom is -0.378 e. The molecule has 5 aromatic rings. The van der Waals surface area contributed by atoms with Crippen molar-refractivity contribution < 1.29 is 9.13 Å². The van der Waals surface area contributed by atoms with Gasteiger partial charge in [-0.15, -0.1) is 16.4 Å². The number of likely N-dealkylation sites (tertiary alicyclic amines) is 1. The van der Waals surface area contributed by atoms with Gasteiger partial charge in [0.25, 0.3) is 0 Å². The Hall–Kier alpha value is -3.54. The molecule has 2 fully saturated rings. The van der Waals surface area contributed by atoms with Gasteiger partial charge >= 0.3 is 0 Å². The summed E-state index contributed by atoms with van der Waals surface area (Å²) in [5.74, 6) is -0.730. The van der Waals surface area contributed by atoms with Crippen LogP contribution in [-0.4, -0.2) is 74.2 Å². The molecule has 0 bridgehead atoms. The number of ether oxygens (including phenoxy) is 1. The van der Waals surface area contributed by atoms with Crippen LogP contribution in [0.1, 0.15) is 73.0 Å². The zero-order valence-electron chi connectivity index (χ0n) is 29.6. The van der Waals surface area contributed by atoms with Crippen LogP contribution < -0.4 is 10.6 Å². The van der Waals surface area contributed by atoms with Gasteiger partial charge < -0.3 is 15.4 Å². The van der Waals surface area contributed by atoms with Gasteiger partial charge in [0.05, 0.1) is 75.1 Å². The van der Waals surface area contributed by atoms with Crippen LogP contribution in [0.4, 0.5) is 21.5 Å². The Bertz CT molecular complexity index is 2220. The zero-order chi connectivity index (χ0) is 37.0. The molecule has 2 saturated heterocycles. The maximum absolute atomic E-state index is 15.3. The largest absolute Gasteiger partial charge is 0.378 e. The maximum Gasteiger partial charge on any atom is 0.166 e. The van der Waals surface area contributed by atoms with Crippen LogP contribution in [0.5, 0.6) is 0 Å². The minimum absolute atomic E-state index is 0.0631. The number of hydrogen-bond donors (Lipinski definition) is 2. The molecular formula is C38H39Cl3FN9OS. The molecule has 53 heavy (non-hydrogen) atoms. The van der Waals surface area contributed by atoms with E-state index in [1.807, 2.05) is 16.8 Å². The van der Waals surface area contributed by atoms with Crippen molar-refractivity contribution >= 4 is 74.1 Å². The molecule has 1 atom stereocenters. The molecule has 0 amide bonds. The molecule has 3 aliphatic rings. The normalized spacial score (nSPS) is 18.1. The molecule has 6 heterocycles. The summed E-state index contributed by atoms with van der Waals surface area (Å²) < 4.78 is 22.8. The third-order valence-electron chi connectivity index (χ3n) is 10.7. The van der Waals surface area contributed by atoms with Crippen molar-refractivity contribution in [3.8, 4) is 6.07 Å². The number of benzene rings is 2. The molecule has 3 aromatic heterocycles. The van der Waals surface area contributed by atoms with Crippen LogP contribution >= 0.6 is 46.1 Å². The molecule has 0 saturated carbocycles. The van der Waals surface area contributed by atoms with Crippen LogP contribution in [0.2, 0.25) is 15.1 Å². The van der Waals surface area contributed by atoms with Gasteiger partial charge in [-0.25, -0.2) is 9.07 Å². The first-order chi connectivity index (χ1) is 25.5. The summed E-state index contributed by atoms with van der Waals surface area (Å²) in [6.45, 7) is 12.2. The fourth-order valence-corrected chi connectivity index (χ4v) is 9.29. The molecule has 0 spiro atoms. The van der Waals surface area contributed by atoms with E-state index in [1.54, 1.807) is 11.3 Å². The van der Waals surface area contributed by atoms with E-state index in [0.29, 0.717) is 33.3 Å². The molecule has 1 unspecified atom stereocenters. The third-order valence-corrected chi connectivity index (χ3v) is 12.8. The molecular weight excluding hydrogens is 756 g/mol. The molecule has 8 rings (SSSR count). The van der Waals surface area contributed by atoms with Crippen molar-refractivity contribution in [2.75, 3.05) is 43.5 Å². The second kappa shape index (κ2) is 14.6. The minimum atomic E-state index is -0.730. The number of piperidine rings is 1. The lowest BCUT2D eigenvalue weighted by molar-refractivity contribution is -0.0691. The highest BCUT2D eigenvalue weighted by molar-refractivity contribution is 7.10. The first-order valence-electron chi connectivity index (χ1n) is 17.8. The summed E-state index contributed by atoms with van der Waals surface area (Å²) in [7, 11) is 0. The molecule has 15 heteroatoms. The highest BCUT2D eigenvalue weighted by Crippen LogP contribution is 2.41. The number of fused-ring (bicyclic) bond motifs is 2. The molecule has 276 valence electrons. The Morgan fingerprint density at radius 3 is 2.58 bits per heavy atom. The van der Waals surface area contributed by atoms with Crippen molar-refractivity contribution in [1.82, 2.24) is 29.8 Å². The number of pyridine rings is 1. The third kappa shape index (κ3) is 7.09. The lowest BCUT2D eigenvalue weighted by atomic mass is 9.95. The van der Waals surface area contributed by atoms with E-state index in [0.717, 1.165) is 69.9 Å². The monoisotopic (exact) mass is 793 g/mol. The molecule has 10 nitrogen and oxygen atoms in total. The Kier molecular flexibility index (Phi) is 10.0. The zero-order valence-corrected chi connectivity index (χ0v) is 32.7. The number of nitrogens with one attached hydrogen (secondary N) is 2. The van der Waals surface area contributed by atoms with E-state index in [4.69, 9.17) is 44.6 Å². The predicted molar refractivity (Wildman–Crippen MR) is 209 cm³/mol. The van der Waals surface area contributed by atoms with Gasteiger partial charge in [-0.05, 0) is 80.8 Å². The molecule has 3 aliphatic heterocycles. The number of halogens is 4. The fourth-order valence-electron chi connectivity index (χ4n) is 7.56. The summed E-state index contributed by atoms with van der Waals surface area (Å²) in [5, 5.41) is 29.4. The van der Waals surface area contributed by atoms with Crippen LogP contribution in [0.25, 0.3) is 10.9 Å². The van der Waals surface area contributed by atoms with E-state index in [2.05, 4.69) is 69.0 Å². The molecule has 0 aliphatic carbocycles. The molecule has 2 aromatic carbocycles. The maximum atomic E-state index is 15.3. The molecule has 2 N–H and O–H groups in total. The lowest BCUT2D eigenvalue weighted by Gasteiger charge is -2.40. The van der Waals surface area contributed by atoms with E-state index in [1.165, 1.54) is 28.8 Å².